The second-order valence-electron chi connectivity index (χ2n) is 5.33. The average Bonchev–Trinajstić information content (AvgIpc) is 2.40. The molecule has 0 amide bonds. The molecule has 1 N–H and O–H groups in total. The van der Waals surface area contributed by atoms with E-state index in [4.69, 9.17) is 0 Å². The minimum atomic E-state index is 0.0809. The molecule has 18 heavy (non-hydrogen) atoms. The molecule has 1 aromatic heterocycles. The number of anilines is 1. The lowest BCUT2D eigenvalue weighted by atomic mass is 9.92. The van der Waals surface area contributed by atoms with Gasteiger partial charge in [-0.2, -0.15) is 0 Å². The second-order valence-corrected chi connectivity index (χ2v) is 5.33. The molecule has 0 radical (unpaired) electrons. The van der Waals surface area contributed by atoms with Crippen molar-refractivity contribution in [3.8, 4) is 0 Å². The molecule has 1 aliphatic rings. The van der Waals surface area contributed by atoms with E-state index in [2.05, 4.69) is 22.9 Å². The zero-order chi connectivity index (χ0) is 13.0. The van der Waals surface area contributed by atoms with E-state index in [0.717, 1.165) is 30.3 Å². The van der Waals surface area contributed by atoms with Crippen LogP contribution in [-0.4, -0.2) is 23.2 Å². The van der Waals surface area contributed by atoms with Gasteiger partial charge in [-0.15, -0.1) is 0 Å². The number of aliphatic hydroxyl groups is 1. The summed E-state index contributed by atoms with van der Waals surface area (Å²) in [6.45, 7) is 6.58. The fourth-order valence-electron chi connectivity index (χ4n) is 2.86. The predicted octanol–water partition coefficient (Wildman–Crippen LogP) is 2.90. The first kappa shape index (κ1) is 13.3. The Morgan fingerprint density at radius 3 is 2.72 bits per heavy atom. The summed E-state index contributed by atoms with van der Waals surface area (Å²) < 4.78 is 0. The van der Waals surface area contributed by atoms with Gasteiger partial charge in [0.2, 0.25) is 0 Å². The minimum Gasteiger partial charge on any atom is -0.392 e. The SMILES string of the molecule is CCCC1CCN(c2cc(C)ncc2CO)CC1. The van der Waals surface area contributed by atoms with E-state index in [1.165, 1.54) is 31.4 Å². The Morgan fingerprint density at radius 1 is 1.39 bits per heavy atom. The summed E-state index contributed by atoms with van der Waals surface area (Å²) in [5.41, 5.74) is 3.16. The van der Waals surface area contributed by atoms with Crippen LogP contribution in [0.25, 0.3) is 0 Å². The molecular formula is C15H24N2O. The smallest absolute Gasteiger partial charge is 0.0717 e. The number of hydrogen-bond donors (Lipinski definition) is 1. The molecule has 1 aromatic rings. The molecule has 3 heteroatoms. The van der Waals surface area contributed by atoms with Crippen molar-refractivity contribution in [1.82, 2.24) is 4.98 Å². The van der Waals surface area contributed by atoms with Crippen molar-refractivity contribution in [3.63, 3.8) is 0 Å². The number of nitrogens with zero attached hydrogens (tertiary/aromatic N) is 2. The molecule has 1 aliphatic heterocycles. The number of piperidine rings is 1. The third-order valence-corrected chi connectivity index (χ3v) is 3.92. The average molecular weight is 248 g/mol. The van der Waals surface area contributed by atoms with E-state index in [1.807, 2.05) is 13.1 Å². The van der Waals surface area contributed by atoms with Gasteiger partial charge in [-0.3, -0.25) is 4.98 Å². The van der Waals surface area contributed by atoms with Crippen LogP contribution < -0.4 is 4.90 Å². The lowest BCUT2D eigenvalue weighted by Gasteiger charge is -2.34. The number of pyridine rings is 1. The molecule has 0 saturated carbocycles. The van der Waals surface area contributed by atoms with E-state index in [9.17, 15) is 5.11 Å². The molecule has 0 aromatic carbocycles. The highest BCUT2D eigenvalue weighted by molar-refractivity contribution is 5.53. The second kappa shape index (κ2) is 6.19. The maximum absolute atomic E-state index is 9.41. The molecule has 0 spiro atoms. The van der Waals surface area contributed by atoms with Crippen LogP contribution in [0.5, 0.6) is 0 Å². The van der Waals surface area contributed by atoms with Gasteiger partial charge in [-0.1, -0.05) is 19.8 Å². The van der Waals surface area contributed by atoms with Crippen LogP contribution in [0, 0.1) is 12.8 Å². The molecule has 2 rings (SSSR count). The molecule has 1 saturated heterocycles. The quantitative estimate of drug-likeness (QED) is 0.890. The standard InChI is InChI=1S/C15H24N2O/c1-3-4-13-5-7-17(8-6-13)15-9-12(2)16-10-14(15)11-18/h9-10,13,18H,3-8,11H2,1-2H3. The number of aryl methyl sites for hydroxylation is 1. The van der Waals surface area contributed by atoms with Gasteiger partial charge < -0.3 is 10.0 Å². The largest absolute Gasteiger partial charge is 0.392 e. The summed E-state index contributed by atoms with van der Waals surface area (Å²) in [7, 11) is 0. The number of hydrogen-bond acceptors (Lipinski definition) is 3. The van der Waals surface area contributed by atoms with Crippen molar-refractivity contribution in [1.29, 1.82) is 0 Å². The Balaban J connectivity index is 2.06. The maximum Gasteiger partial charge on any atom is 0.0717 e. The van der Waals surface area contributed by atoms with Crippen molar-refractivity contribution in [3.05, 3.63) is 23.5 Å². The van der Waals surface area contributed by atoms with Gasteiger partial charge in [0.1, 0.15) is 0 Å². The highest BCUT2D eigenvalue weighted by Gasteiger charge is 2.20. The van der Waals surface area contributed by atoms with E-state index >= 15 is 0 Å². The summed E-state index contributed by atoms with van der Waals surface area (Å²) in [4.78, 5) is 6.67. The van der Waals surface area contributed by atoms with Gasteiger partial charge in [0.05, 0.1) is 6.61 Å². The first-order valence-electron chi connectivity index (χ1n) is 7.06. The molecule has 1 fully saturated rings. The van der Waals surface area contributed by atoms with Gasteiger partial charge >= 0.3 is 0 Å². The molecule has 0 aliphatic carbocycles. The fourth-order valence-corrected chi connectivity index (χ4v) is 2.86. The molecule has 0 unspecified atom stereocenters. The Bertz CT molecular complexity index is 384. The summed E-state index contributed by atoms with van der Waals surface area (Å²) in [5.74, 6) is 0.895. The zero-order valence-electron chi connectivity index (χ0n) is 11.5. The van der Waals surface area contributed by atoms with Gasteiger partial charge in [0.25, 0.3) is 0 Å². The molecule has 100 valence electrons. The van der Waals surface area contributed by atoms with Gasteiger partial charge in [0, 0.05) is 36.2 Å². The highest BCUT2D eigenvalue weighted by Crippen LogP contribution is 2.28. The Hall–Kier alpha value is -1.09. The summed E-state index contributed by atoms with van der Waals surface area (Å²) >= 11 is 0. The van der Waals surface area contributed by atoms with Crippen LogP contribution in [0.15, 0.2) is 12.3 Å². The summed E-state index contributed by atoms with van der Waals surface area (Å²) in [6.07, 6.45) is 7.01. The number of aliphatic hydroxyl groups excluding tert-OH is 1. The molecule has 0 atom stereocenters. The topological polar surface area (TPSA) is 36.4 Å². The Labute approximate surface area is 110 Å². The molecular weight excluding hydrogens is 224 g/mol. The van der Waals surface area contributed by atoms with Crippen LogP contribution in [0.4, 0.5) is 5.69 Å². The van der Waals surface area contributed by atoms with Crippen LogP contribution in [-0.2, 0) is 6.61 Å². The lowest BCUT2D eigenvalue weighted by Crippen LogP contribution is -2.34. The molecule has 0 bridgehead atoms. The van der Waals surface area contributed by atoms with Crippen LogP contribution in [0.2, 0.25) is 0 Å². The number of aromatic nitrogens is 1. The Kier molecular flexibility index (Phi) is 4.59. The Morgan fingerprint density at radius 2 is 2.11 bits per heavy atom. The minimum absolute atomic E-state index is 0.0809. The first-order valence-corrected chi connectivity index (χ1v) is 7.06. The van der Waals surface area contributed by atoms with Gasteiger partial charge in [-0.05, 0) is 31.7 Å². The van der Waals surface area contributed by atoms with Crippen molar-refractivity contribution >= 4 is 5.69 Å². The van der Waals surface area contributed by atoms with Gasteiger partial charge in [0.15, 0.2) is 0 Å². The van der Waals surface area contributed by atoms with Crippen molar-refractivity contribution < 1.29 is 5.11 Å². The van der Waals surface area contributed by atoms with E-state index in [1.54, 1.807) is 0 Å². The van der Waals surface area contributed by atoms with E-state index in [-0.39, 0.29) is 6.61 Å². The normalized spacial score (nSPS) is 17.2. The van der Waals surface area contributed by atoms with Gasteiger partial charge in [-0.25, -0.2) is 0 Å². The number of rotatable bonds is 4. The molecule has 2 heterocycles. The van der Waals surface area contributed by atoms with Crippen LogP contribution in [0.1, 0.15) is 43.9 Å². The van der Waals surface area contributed by atoms with Crippen molar-refractivity contribution in [2.75, 3.05) is 18.0 Å². The van der Waals surface area contributed by atoms with E-state index < -0.39 is 0 Å². The molecule has 3 nitrogen and oxygen atoms in total. The summed E-state index contributed by atoms with van der Waals surface area (Å²) in [6, 6.07) is 2.10. The lowest BCUT2D eigenvalue weighted by molar-refractivity contribution is 0.281. The first-order chi connectivity index (χ1) is 8.74. The fraction of sp³-hybridized carbons (Fsp3) is 0.667. The maximum atomic E-state index is 9.41. The zero-order valence-corrected chi connectivity index (χ0v) is 11.5. The summed E-state index contributed by atoms with van der Waals surface area (Å²) in [5, 5.41) is 9.41. The van der Waals surface area contributed by atoms with Crippen molar-refractivity contribution in [2.24, 2.45) is 5.92 Å². The third-order valence-electron chi connectivity index (χ3n) is 3.92. The van der Waals surface area contributed by atoms with Crippen LogP contribution >= 0.6 is 0 Å². The third kappa shape index (κ3) is 3.02. The van der Waals surface area contributed by atoms with Crippen LogP contribution in [0.3, 0.4) is 0 Å². The van der Waals surface area contributed by atoms with E-state index in [0.29, 0.717) is 0 Å². The monoisotopic (exact) mass is 248 g/mol. The highest BCUT2D eigenvalue weighted by atomic mass is 16.3. The predicted molar refractivity (Wildman–Crippen MR) is 74.7 cm³/mol. The van der Waals surface area contributed by atoms with Crippen molar-refractivity contribution in [2.45, 2.75) is 46.1 Å².